The second-order valence-electron chi connectivity index (χ2n) is 8.27. The van der Waals surface area contributed by atoms with Gasteiger partial charge in [-0.15, -0.1) is 0 Å². The summed E-state index contributed by atoms with van der Waals surface area (Å²) in [4.78, 5) is 15.0. The quantitative estimate of drug-likeness (QED) is 0.798. The predicted octanol–water partition coefficient (Wildman–Crippen LogP) is 4.12. The molecule has 1 heterocycles. The summed E-state index contributed by atoms with van der Waals surface area (Å²) in [6.07, 6.45) is 16.7. The van der Waals surface area contributed by atoms with E-state index in [4.69, 9.17) is 0 Å². The minimum absolute atomic E-state index is 0.326. The molecular formula is C20H36N2O. The lowest BCUT2D eigenvalue weighted by molar-refractivity contribution is -0.122. The number of piperidine rings is 1. The van der Waals surface area contributed by atoms with Crippen molar-refractivity contribution in [3.8, 4) is 0 Å². The van der Waals surface area contributed by atoms with E-state index >= 15 is 0 Å². The number of nitrogens with zero attached hydrogens (tertiary/aromatic N) is 1. The molecule has 0 bridgehead atoms. The van der Waals surface area contributed by atoms with Crippen LogP contribution in [0.15, 0.2) is 0 Å². The topological polar surface area (TPSA) is 32.3 Å². The molecule has 3 nitrogen and oxygen atoms in total. The molecule has 0 aromatic rings. The first-order valence-electron chi connectivity index (χ1n) is 10.3. The number of carbonyl (C=O) groups excluding carboxylic acids is 1. The van der Waals surface area contributed by atoms with Crippen molar-refractivity contribution in [1.82, 2.24) is 10.2 Å². The van der Waals surface area contributed by atoms with Crippen molar-refractivity contribution < 1.29 is 4.79 Å². The Kier molecular flexibility index (Phi) is 6.79. The first-order valence-corrected chi connectivity index (χ1v) is 10.3. The van der Waals surface area contributed by atoms with E-state index in [0.717, 1.165) is 18.8 Å². The first kappa shape index (κ1) is 17.3. The van der Waals surface area contributed by atoms with Crippen LogP contribution < -0.4 is 5.32 Å². The second-order valence-corrected chi connectivity index (χ2v) is 8.27. The van der Waals surface area contributed by atoms with E-state index in [9.17, 15) is 4.79 Å². The van der Waals surface area contributed by atoms with E-state index in [-0.39, 0.29) is 0 Å². The van der Waals surface area contributed by atoms with E-state index in [0.29, 0.717) is 17.9 Å². The molecule has 2 aliphatic carbocycles. The zero-order valence-corrected chi connectivity index (χ0v) is 14.9. The zero-order valence-electron chi connectivity index (χ0n) is 14.9. The third-order valence-electron chi connectivity index (χ3n) is 6.45. The lowest BCUT2D eigenvalue weighted by Crippen LogP contribution is -2.47. The normalized spacial score (nSPS) is 30.4. The Morgan fingerprint density at radius 2 is 1.57 bits per heavy atom. The van der Waals surface area contributed by atoms with Crippen LogP contribution in [0.3, 0.4) is 0 Å². The van der Waals surface area contributed by atoms with E-state index in [1.165, 1.54) is 90.3 Å². The van der Waals surface area contributed by atoms with Crippen molar-refractivity contribution in [2.24, 2.45) is 11.8 Å². The highest BCUT2D eigenvalue weighted by molar-refractivity contribution is 5.76. The highest BCUT2D eigenvalue weighted by Crippen LogP contribution is 2.29. The van der Waals surface area contributed by atoms with Crippen molar-refractivity contribution in [2.75, 3.05) is 19.6 Å². The van der Waals surface area contributed by atoms with Crippen molar-refractivity contribution in [2.45, 2.75) is 89.5 Å². The van der Waals surface area contributed by atoms with Crippen LogP contribution in [0.1, 0.15) is 83.5 Å². The van der Waals surface area contributed by atoms with Crippen LogP contribution >= 0.6 is 0 Å². The molecule has 1 N–H and O–H groups in total. The average Bonchev–Trinajstić information content (AvgIpc) is 3.09. The molecule has 2 atom stereocenters. The molecule has 3 rings (SSSR count). The van der Waals surface area contributed by atoms with Gasteiger partial charge in [-0.05, 0) is 57.0 Å². The van der Waals surface area contributed by atoms with Gasteiger partial charge in [0.05, 0.1) is 0 Å². The summed E-state index contributed by atoms with van der Waals surface area (Å²) in [7, 11) is 0. The molecule has 1 aliphatic heterocycles. The van der Waals surface area contributed by atoms with Gasteiger partial charge in [-0.1, -0.05) is 44.9 Å². The number of carbonyl (C=O) groups is 1. The van der Waals surface area contributed by atoms with Crippen molar-refractivity contribution >= 4 is 5.91 Å². The summed E-state index contributed by atoms with van der Waals surface area (Å²) in [6.45, 7) is 3.77. The Morgan fingerprint density at radius 1 is 0.870 bits per heavy atom. The molecule has 1 saturated heterocycles. The van der Waals surface area contributed by atoms with Gasteiger partial charge in [0.1, 0.15) is 0 Å². The van der Waals surface area contributed by atoms with E-state index in [1.807, 2.05) is 0 Å². The number of amides is 1. The Morgan fingerprint density at radius 3 is 2.35 bits per heavy atom. The molecule has 1 amide bonds. The molecule has 0 aromatic carbocycles. The third kappa shape index (κ3) is 5.48. The Labute approximate surface area is 142 Å². The summed E-state index contributed by atoms with van der Waals surface area (Å²) in [5, 5.41) is 3.42. The fraction of sp³-hybridized carbons (Fsp3) is 0.950. The molecule has 0 spiro atoms. The van der Waals surface area contributed by atoms with Gasteiger partial charge in [0.15, 0.2) is 0 Å². The van der Waals surface area contributed by atoms with Crippen LogP contribution in [0.2, 0.25) is 0 Å². The molecule has 3 heteroatoms. The molecule has 132 valence electrons. The Balaban J connectivity index is 1.42. The van der Waals surface area contributed by atoms with E-state index in [2.05, 4.69) is 10.2 Å². The largest absolute Gasteiger partial charge is 0.353 e. The van der Waals surface area contributed by atoms with E-state index in [1.54, 1.807) is 0 Å². The number of nitrogens with one attached hydrogen (secondary N) is 1. The van der Waals surface area contributed by atoms with Crippen LogP contribution in [-0.4, -0.2) is 36.5 Å². The van der Waals surface area contributed by atoms with Gasteiger partial charge < -0.3 is 10.2 Å². The van der Waals surface area contributed by atoms with Gasteiger partial charge in [0.2, 0.25) is 5.91 Å². The number of hydrogen-bond donors (Lipinski definition) is 1. The number of hydrogen-bond acceptors (Lipinski definition) is 2. The molecule has 23 heavy (non-hydrogen) atoms. The van der Waals surface area contributed by atoms with Crippen molar-refractivity contribution in [1.29, 1.82) is 0 Å². The maximum absolute atomic E-state index is 12.4. The molecule has 0 radical (unpaired) electrons. The Hall–Kier alpha value is -0.570. The molecule has 3 fully saturated rings. The number of likely N-dealkylation sites (tertiary alicyclic amines) is 1. The standard InChI is InChI=1S/C20H36N2O/c23-20(13-12-17-8-2-3-9-17)21-19-11-5-4-10-18(19)16-22-14-6-1-7-15-22/h17-19H,1-16H2,(H,21,23)/t18-,19+/m0/s1. The van der Waals surface area contributed by atoms with Crippen LogP contribution in [0.4, 0.5) is 0 Å². The van der Waals surface area contributed by atoms with Crippen LogP contribution in [0.5, 0.6) is 0 Å². The predicted molar refractivity (Wildman–Crippen MR) is 95.4 cm³/mol. The minimum atomic E-state index is 0.326. The van der Waals surface area contributed by atoms with Crippen LogP contribution in [-0.2, 0) is 4.79 Å². The number of rotatable bonds is 6. The smallest absolute Gasteiger partial charge is 0.220 e. The highest BCUT2D eigenvalue weighted by Gasteiger charge is 2.28. The third-order valence-corrected chi connectivity index (χ3v) is 6.45. The Bertz CT molecular complexity index is 359. The van der Waals surface area contributed by atoms with Crippen LogP contribution in [0, 0.1) is 11.8 Å². The monoisotopic (exact) mass is 320 g/mol. The summed E-state index contributed by atoms with van der Waals surface area (Å²) < 4.78 is 0. The van der Waals surface area contributed by atoms with Gasteiger partial charge >= 0.3 is 0 Å². The second kappa shape index (κ2) is 9.05. The summed E-state index contributed by atoms with van der Waals surface area (Å²) in [5.41, 5.74) is 0. The molecule has 0 unspecified atom stereocenters. The van der Waals surface area contributed by atoms with Gasteiger partial charge in [-0.3, -0.25) is 4.79 Å². The van der Waals surface area contributed by atoms with Gasteiger partial charge in [-0.2, -0.15) is 0 Å². The average molecular weight is 321 g/mol. The van der Waals surface area contributed by atoms with Crippen molar-refractivity contribution in [3.05, 3.63) is 0 Å². The first-order chi connectivity index (χ1) is 11.3. The SMILES string of the molecule is O=C(CCC1CCCC1)N[C@@H]1CCCC[C@H]1CN1CCCCC1. The fourth-order valence-corrected chi connectivity index (χ4v) is 5.00. The summed E-state index contributed by atoms with van der Waals surface area (Å²) in [5.74, 6) is 1.85. The fourth-order valence-electron chi connectivity index (χ4n) is 5.00. The van der Waals surface area contributed by atoms with E-state index < -0.39 is 0 Å². The molecule has 3 aliphatic rings. The maximum atomic E-state index is 12.4. The molecular weight excluding hydrogens is 284 g/mol. The molecule has 0 aromatic heterocycles. The van der Waals surface area contributed by atoms with Gasteiger partial charge in [0, 0.05) is 19.0 Å². The van der Waals surface area contributed by atoms with Gasteiger partial charge in [0.25, 0.3) is 0 Å². The lowest BCUT2D eigenvalue weighted by Gasteiger charge is -2.37. The maximum Gasteiger partial charge on any atom is 0.220 e. The highest BCUT2D eigenvalue weighted by atomic mass is 16.1. The minimum Gasteiger partial charge on any atom is -0.353 e. The zero-order chi connectivity index (χ0) is 15.9. The summed E-state index contributed by atoms with van der Waals surface area (Å²) >= 11 is 0. The van der Waals surface area contributed by atoms with Gasteiger partial charge in [-0.25, -0.2) is 0 Å². The molecule has 2 saturated carbocycles. The van der Waals surface area contributed by atoms with Crippen molar-refractivity contribution in [3.63, 3.8) is 0 Å². The summed E-state index contributed by atoms with van der Waals surface area (Å²) in [6, 6.07) is 0.446. The van der Waals surface area contributed by atoms with Crippen LogP contribution in [0.25, 0.3) is 0 Å². The lowest BCUT2D eigenvalue weighted by atomic mass is 9.83.